The zero-order chi connectivity index (χ0) is 15.5. The minimum absolute atomic E-state index is 0.204. The number of nitrogens with zero attached hydrogens (tertiary/aromatic N) is 2. The van der Waals surface area contributed by atoms with Gasteiger partial charge in [0.2, 0.25) is 5.95 Å². The number of aromatic nitrogens is 2. The van der Waals surface area contributed by atoms with Crippen molar-refractivity contribution in [2.24, 2.45) is 0 Å². The molecule has 0 atom stereocenters. The molecule has 2 rings (SSSR count). The van der Waals surface area contributed by atoms with Crippen LogP contribution in [0.2, 0.25) is 5.02 Å². The molecule has 0 saturated heterocycles. The van der Waals surface area contributed by atoms with E-state index in [4.69, 9.17) is 16.3 Å². The Hall–Kier alpha value is -1.73. The highest BCUT2D eigenvalue weighted by molar-refractivity contribution is 6.32. The van der Waals surface area contributed by atoms with Crippen LogP contribution < -0.4 is 5.32 Å². The van der Waals surface area contributed by atoms with Crippen molar-refractivity contribution in [1.82, 2.24) is 9.55 Å². The summed E-state index contributed by atoms with van der Waals surface area (Å²) in [7, 11) is 1.55. The molecule has 21 heavy (non-hydrogen) atoms. The van der Waals surface area contributed by atoms with Crippen LogP contribution in [0, 0.1) is 0 Å². The largest absolute Gasteiger partial charge is 0.416 e. The maximum Gasteiger partial charge on any atom is 0.416 e. The van der Waals surface area contributed by atoms with Gasteiger partial charge in [0.1, 0.15) is 0 Å². The van der Waals surface area contributed by atoms with E-state index in [0.29, 0.717) is 19.1 Å². The van der Waals surface area contributed by atoms with Crippen molar-refractivity contribution in [3.05, 3.63) is 41.2 Å². The Balaban J connectivity index is 2.36. The number of benzene rings is 1. The van der Waals surface area contributed by atoms with E-state index < -0.39 is 11.7 Å². The molecule has 0 radical (unpaired) electrons. The second kappa shape index (κ2) is 6.36. The van der Waals surface area contributed by atoms with Crippen LogP contribution in [0.1, 0.15) is 5.56 Å². The maximum atomic E-state index is 12.8. The number of nitrogens with one attached hydrogen (secondary N) is 1. The van der Waals surface area contributed by atoms with E-state index in [1.807, 2.05) is 0 Å². The predicted molar refractivity (Wildman–Crippen MR) is 73.9 cm³/mol. The molecule has 0 aliphatic rings. The lowest BCUT2D eigenvalue weighted by Crippen LogP contribution is -2.12. The summed E-state index contributed by atoms with van der Waals surface area (Å²) in [6, 6.07) is 3.16. The topological polar surface area (TPSA) is 39.1 Å². The van der Waals surface area contributed by atoms with E-state index in [1.165, 1.54) is 23.0 Å². The second-order valence-electron chi connectivity index (χ2n) is 4.20. The van der Waals surface area contributed by atoms with Crippen LogP contribution in [-0.4, -0.2) is 29.8 Å². The Labute approximate surface area is 124 Å². The van der Waals surface area contributed by atoms with E-state index in [2.05, 4.69) is 10.3 Å². The van der Waals surface area contributed by atoms with Crippen molar-refractivity contribution >= 4 is 17.5 Å². The van der Waals surface area contributed by atoms with Crippen molar-refractivity contribution in [3.8, 4) is 5.69 Å². The van der Waals surface area contributed by atoms with E-state index in [-0.39, 0.29) is 10.7 Å². The van der Waals surface area contributed by atoms with Crippen LogP contribution >= 0.6 is 11.6 Å². The Morgan fingerprint density at radius 2 is 2.14 bits per heavy atom. The molecule has 4 nitrogen and oxygen atoms in total. The average molecular weight is 320 g/mol. The fourth-order valence-electron chi connectivity index (χ4n) is 1.77. The highest BCUT2D eigenvalue weighted by Crippen LogP contribution is 2.33. The van der Waals surface area contributed by atoms with E-state index >= 15 is 0 Å². The number of hydrogen-bond donors (Lipinski definition) is 1. The molecule has 0 spiro atoms. The van der Waals surface area contributed by atoms with Gasteiger partial charge >= 0.3 is 6.18 Å². The van der Waals surface area contributed by atoms with Gasteiger partial charge in [0.05, 0.1) is 22.9 Å². The number of hydrogen-bond acceptors (Lipinski definition) is 3. The first-order valence-corrected chi connectivity index (χ1v) is 6.44. The van der Waals surface area contributed by atoms with Crippen LogP contribution in [0.15, 0.2) is 30.6 Å². The van der Waals surface area contributed by atoms with Gasteiger partial charge in [0.25, 0.3) is 0 Å². The summed E-state index contributed by atoms with van der Waals surface area (Å²) in [5.41, 5.74) is -0.553. The van der Waals surface area contributed by atoms with Gasteiger partial charge in [0.15, 0.2) is 0 Å². The standard InChI is InChI=1S/C13H13ClF3N3O/c1-21-7-5-19-12-18-4-6-20(12)11-8-9(13(15,16)17)2-3-10(11)14/h2-4,6,8H,5,7H2,1H3,(H,18,19). The average Bonchev–Trinajstić information content (AvgIpc) is 2.86. The van der Waals surface area contributed by atoms with Crippen LogP contribution in [0.5, 0.6) is 0 Å². The summed E-state index contributed by atoms with van der Waals surface area (Å²) in [5, 5.41) is 3.17. The third kappa shape index (κ3) is 3.68. The summed E-state index contributed by atoms with van der Waals surface area (Å²) in [6.07, 6.45) is -1.41. The molecule has 0 unspecified atom stereocenters. The van der Waals surface area contributed by atoms with Crippen molar-refractivity contribution in [3.63, 3.8) is 0 Å². The van der Waals surface area contributed by atoms with Gasteiger partial charge in [-0.3, -0.25) is 4.57 Å². The number of ether oxygens (including phenoxy) is 1. The smallest absolute Gasteiger partial charge is 0.383 e. The SMILES string of the molecule is COCCNc1nccn1-c1cc(C(F)(F)F)ccc1Cl. The summed E-state index contributed by atoms with van der Waals surface area (Å²) < 4.78 is 44.7. The Morgan fingerprint density at radius 1 is 1.38 bits per heavy atom. The lowest BCUT2D eigenvalue weighted by Gasteiger charge is -2.14. The lowest BCUT2D eigenvalue weighted by atomic mass is 10.2. The lowest BCUT2D eigenvalue weighted by molar-refractivity contribution is -0.137. The second-order valence-corrected chi connectivity index (χ2v) is 4.61. The summed E-state index contributed by atoms with van der Waals surface area (Å²) >= 11 is 6.00. The van der Waals surface area contributed by atoms with Gasteiger partial charge in [-0.25, -0.2) is 4.98 Å². The molecule has 0 fully saturated rings. The van der Waals surface area contributed by atoms with Gasteiger partial charge in [-0.05, 0) is 18.2 Å². The molecule has 1 aromatic heterocycles. The molecule has 8 heteroatoms. The van der Waals surface area contributed by atoms with Crippen molar-refractivity contribution in [2.45, 2.75) is 6.18 Å². The van der Waals surface area contributed by atoms with Crippen molar-refractivity contribution in [2.75, 3.05) is 25.6 Å². The molecule has 2 aromatic rings. The van der Waals surface area contributed by atoms with Gasteiger partial charge < -0.3 is 10.1 Å². The first-order valence-electron chi connectivity index (χ1n) is 6.06. The predicted octanol–water partition coefficient (Wildman–Crippen LogP) is 3.60. The first kappa shape index (κ1) is 15.7. The molecule has 1 heterocycles. The van der Waals surface area contributed by atoms with Crippen LogP contribution in [0.25, 0.3) is 5.69 Å². The fourth-order valence-corrected chi connectivity index (χ4v) is 1.98. The maximum absolute atomic E-state index is 12.8. The normalized spacial score (nSPS) is 11.7. The molecule has 1 N–H and O–H groups in total. The summed E-state index contributed by atoms with van der Waals surface area (Å²) in [6.45, 7) is 0.924. The Kier molecular flexibility index (Phi) is 4.74. The molecule has 0 bridgehead atoms. The van der Waals surface area contributed by atoms with Gasteiger partial charge in [-0.15, -0.1) is 0 Å². The van der Waals surface area contributed by atoms with Gasteiger partial charge in [0, 0.05) is 26.0 Å². The number of anilines is 1. The first-order chi connectivity index (χ1) is 9.93. The summed E-state index contributed by atoms with van der Waals surface area (Å²) in [4.78, 5) is 4.05. The minimum atomic E-state index is -4.43. The van der Waals surface area contributed by atoms with Crippen LogP contribution in [-0.2, 0) is 10.9 Å². The Morgan fingerprint density at radius 3 is 2.81 bits per heavy atom. The molecular weight excluding hydrogens is 307 g/mol. The van der Waals surface area contributed by atoms with Crippen molar-refractivity contribution < 1.29 is 17.9 Å². The number of imidazole rings is 1. The molecule has 0 amide bonds. The quantitative estimate of drug-likeness (QED) is 0.856. The molecule has 0 aliphatic carbocycles. The van der Waals surface area contributed by atoms with Gasteiger partial charge in [-0.1, -0.05) is 11.6 Å². The molecule has 0 saturated carbocycles. The minimum Gasteiger partial charge on any atom is -0.383 e. The molecule has 1 aromatic carbocycles. The van der Waals surface area contributed by atoms with E-state index in [1.54, 1.807) is 7.11 Å². The highest BCUT2D eigenvalue weighted by Gasteiger charge is 2.31. The van der Waals surface area contributed by atoms with E-state index in [9.17, 15) is 13.2 Å². The zero-order valence-corrected chi connectivity index (χ0v) is 11.9. The molecular formula is C13H13ClF3N3O. The Bertz CT molecular complexity index is 613. The molecule has 114 valence electrons. The zero-order valence-electron chi connectivity index (χ0n) is 11.1. The number of halogens is 4. The molecule has 0 aliphatic heterocycles. The third-order valence-electron chi connectivity index (χ3n) is 2.76. The van der Waals surface area contributed by atoms with Gasteiger partial charge in [-0.2, -0.15) is 13.2 Å². The number of alkyl halides is 3. The third-order valence-corrected chi connectivity index (χ3v) is 3.08. The highest BCUT2D eigenvalue weighted by atomic mass is 35.5. The van der Waals surface area contributed by atoms with Crippen LogP contribution in [0.4, 0.5) is 19.1 Å². The monoisotopic (exact) mass is 319 g/mol. The number of rotatable bonds is 5. The van der Waals surface area contributed by atoms with Crippen molar-refractivity contribution in [1.29, 1.82) is 0 Å². The number of methoxy groups -OCH3 is 1. The summed E-state index contributed by atoms with van der Waals surface area (Å²) in [5.74, 6) is 0.397. The van der Waals surface area contributed by atoms with E-state index in [0.717, 1.165) is 12.1 Å². The van der Waals surface area contributed by atoms with Crippen LogP contribution in [0.3, 0.4) is 0 Å². The fraction of sp³-hybridized carbons (Fsp3) is 0.308.